The maximum atomic E-state index is 15.1. The lowest BCUT2D eigenvalue weighted by atomic mass is 9.95. The van der Waals surface area contributed by atoms with Crippen LogP contribution in [-0.4, -0.2) is 91.8 Å². The Hall–Kier alpha value is -3.12. The minimum atomic E-state index is -3.71. The number of aliphatic hydroxyl groups excluding tert-OH is 1. The number of carbonyl (C=O) groups excluding carboxylic acids is 2. The highest BCUT2D eigenvalue weighted by molar-refractivity contribution is 7.89. The van der Waals surface area contributed by atoms with Crippen molar-refractivity contribution in [1.82, 2.24) is 14.1 Å². The third-order valence-corrected chi connectivity index (χ3v) is 9.96. The average Bonchev–Trinajstić information content (AvgIpc) is 3.16. The Morgan fingerprint density at radius 3 is 2.22 bits per heavy atom. The summed E-state index contributed by atoms with van der Waals surface area (Å²) in [6.07, 6.45) is 4.15. The number of hydrogen-bond acceptors (Lipinski definition) is 7. The molecule has 2 aromatic carbocycles. The van der Waals surface area contributed by atoms with Crippen LogP contribution in [0.5, 0.6) is 0 Å². The lowest BCUT2D eigenvalue weighted by molar-refractivity contribution is -0.140. The maximum Gasteiger partial charge on any atom is 0.295 e. The van der Waals surface area contributed by atoms with Gasteiger partial charge < -0.3 is 14.7 Å². The van der Waals surface area contributed by atoms with Crippen molar-refractivity contribution in [1.29, 1.82) is 0 Å². The van der Waals surface area contributed by atoms with Gasteiger partial charge in [-0.3, -0.25) is 14.5 Å². The van der Waals surface area contributed by atoms with Crippen LogP contribution in [0.2, 0.25) is 0 Å². The van der Waals surface area contributed by atoms with Crippen LogP contribution >= 0.6 is 0 Å². The van der Waals surface area contributed by atoms with Crippen molar-refractivity contribution in [2.45, 2.75) is 43.0 Å². The molecule has 0 unspecified atom stereocenters. The summed E-state index contributed by atoms with van der Waals surface area (Å²) < 4.78 is 48.3. The topological polar surface area (TPSA) is 107 Å². The van der Waals surface area contributed by atoms with Crippen LogP contribution in [0.3, 0.4) is 0 Å². The van der Waals surface area contributed by atoms with Gasteiger partial charge in [-0.1, -0.05) is 31.0 Å². The van der Waals surface area contributed by atoms with Gasteiger partial charge in [-0.05, 0) is 49.6 Å². The number of halogens is 1. The van der Waals surface area contributed by atoms with E-state index in [1.165, 1.54) is 51.7 Å². The quantitative estimate of drug-likeness (QED) is 0.287. The van der Waals surface area contributed by atoms with Crippen LogP contribution in [0, 0.1) is 5.82 Å². The van der Waals surface area contributed by atoms with E-state index in [0.717, 1.165) is 38.8 Å². The molecule has 9 nitrogen and oxygen atoms in total. The van der Waals surface area contributed by atoms with Crippen LogP contribution in [0.15, 0.2) is 59.0 Å². The first-order chi connectivity index (χ1) is 19.8. The molecule has 3 aliphatic heterocycles. The van der Waals surface area contributed by atoms with Crippen molar-refractivity contribution >= 4 is 27.5 Å². The molecule has 0 spiro atoms. The van der Waals surface area contributed by atoms with Gasteiger partial charge in [0.1, 0.15) is 11.6 Å². The van der Waals surface area contributed by atoms with Crippen molar-refractivity contribution in [3.63, 3.8) is 0 Å². The number of carbonyl (C=O) groups is 2. The van der Waals surface area contributed by atoms with Gasteiger partial charge in [-0.15, -0.1) is 0 Å². The third kappa shape index (κ3) is 6.23. The summed E-state index contributed by atoms with van der Waals surface area (Å²) in [7, 11) is -3.71. The molecule has 0 aliphatic carbocycles. The molecule has 3 fully saturated rings. The molecule has 11 heteroatoms. The fourth-order valence-corrected chi connectivity index (χ4v) is 7.31. The van der Waals surface area contributed by atoms with Crippen molar-refractivity contribution in [2.75, 3.05) is 52.5 Å². The van der Waals surface area contributed by atoms with E-state index in [-0.39, 0.29) is 28.1 Å². The molecule has 1 N–H and O–H groups in total. The Labute approximate surface area is 240 Å². The van der Waals surface area contributed by atoms with Crippen LogP contribution in [0.4, 0.5) is 4.39 Å². The summed E-state index contributed by atoms with van der Waals surface area (Å²) >= 11 is 0. The highest BCUT2D eigenvalue weighted by Gasteiger charge is 2.46. The van der Waals surface area contributed by atoms with Gasteiger partial charge >= 0.3 is 0 Å². The number of benzene rings is 2. The average molecular weight is 586 g/mol. The summed E-state index contributed by atoms with van der Waals surface area (Å²) in [5.41, 5.74) is 0.0713. The predicted molar refractivity (Wildman–Crippen MR) is 151 cm³/mol. The lowest BCUT2D eigenvalue weighted by Crippen LogP contribution is -2.39. The molecule has 2 aromatic rings. The zero-order valence-corrected chi connectivity index (χ0v) is 23.8. The number of rotatable bonds is 8. The Kier molecular flexibility index (Phi) is 9.18. The van der Waals surface area contributed by atoms with Crippen LogP contribution in [0.1, 0.15) is 49.3 Å². The zero-order valence-electron chi connectivity index (χ0n) is 23.0. The fraction of sp³-hybridized carbons (Fsp3) is 0.467. The SMILES string of the molecule is O=C1C(=O)N(CCCN2CCOCC2)[C@H](c2ccccc2F)C1=C(O)c1ccc(S(=O)(=O)N2CCCCCC2)cc1. The molecule has 220 valence electrons. The first-order valence-electron chi connectivity index (χ1n) is 14.2. The molecule has 3 saturated heterocycles. The number of amides is 1. The molecule has 0 saturated carbocycles. The van der Waals surface area contributed by atoms with Gasteiger partial charge in [0, 0.05) is 50.4 Å². The molecule has 3 aliphatic rings. The van der Waals surface area contributed by atoms with E-state index in [4.69, 9.17) is 4.74 Å². The number of hydrogen-bond donors (Lipinski definition) is 1. The van der Waals surface area contributed by atoms with Gasteiger partial charge in [0.2, 0.25) is 10.0 Å². The Morgan fingerprint density at radius 1 is 0.902 bits per heavy atom. The first-order valence-corrected chi connectivity index (χ1v) is 15.7. The van der Waals surface area contributed by atoms with E-state index in [1.54, 1.807) is 6.07 Å². The molecule has 3 heterocycles. The minimum Gasteiger partial charge on any atom is -0.507 e. The molecule has 41 heavy (non-hydrogen) atoms. The highest BCUT2D eigenvalue weighted by atomic mass is 32.2. The van der Waals surface area contributed by atoms with Gasteiger partial charge in [0.15, 0.2) is 0 Å². The number of Topliss-reactive ketones (excluding diaryl/α,β-unsaturated/α-hetero) is 1. The van der Waals surface area contributed by atoms with Gasteiger partial charge in [0.05, 0.1) is 29.7 Å². The smallest absolute Gasteiger partial charge is 0.295 e. The summed E-state index contributed by atoms with van der Waals surface area (Å²) in [6, 6.07) is 10.4. The molecule has 0 aromatic heterocycles. The molecule has 0 radical (unpaired) electrons. The number of ketones is 1. The normalized spacial score (nSPS) is 22.7. The molecule has 5 rings (SSSR count). The molecule has 1 amide bonds. The van der Waals surface area contributed by atoms with E-state index in [9.17, 15) is 23.1 Å². The Morgan fingerprint density at radius 2 is 1.56 bits per heavy atom. The van der Waals surface area contributed by atoms with Crippen molar-refractivity contribution < 1.29 is 32.2 Å². The predicted octanol–water partition coefficient (Wildman–Crippen LogP) is 3.53. The van der Waals surface area contributed by atoms with E-state index in [1.807, 2.05) is 0 Å². The number of sulfonamides is 1. The molecular weight excluding hydrogens is 549 g/mol. The van der Waals surface area contributed by atoms with E-state index >= 15 is 4.39 Å². The number of morpholine rings is 1. The Bertz CT molecular complexity index is 1400. The summed E-state index contributed by atoms with van der Waals surface area (Å²) in [6.45, 7) is 4.63. The molecule has 1 atom stereocenters. The van der Waals surface area contributed by atoms with Crippen molar-refractivity contribution in [2.24, 2.45) is 0 Å². The van der Waals surface area contributed by atoms with Crippen molar-refractivity contribution in [3.05, 3.63) is 71.0 Å². The van der Waals surface area contributed by atoms with E-state index in [2.05, 4.69) is 4.90 Å². The summed E-state index contributed by atoms with van der Waals surface area (Å²) in [5.74, 6) is -2.76. The molecule has 0 bridgehead atoms. The van der Waals surface area contributed by atoms with Crippen LogP contribution < -0.4 is 0 Å². The standard InChI is InChI=1S/C30H36FN3O6S/c31-25-9-4-3-8-24(25)27-26(29(36)30(37)34(27)17-7-14-32-18-20-40-21-19-32)28(35)22-10-12-23(13-11-22)41(38,39)33-15-5-1-2-6-16-33/h3-4,8-13,27,35H,1-2,5-7,14-21H2/t27-/m1/s1. The second-order valence-electron chi connectivity index (χ2n) is 10.7. The fourth-order valence-electron chi connectivity index (χ4n) is 5.79. The van der Waals surface area contributed by atoms with Crippen molar-refractivity contribution in [3.8, 4) is 0 Å². The van der Waals surface area contributed by atoms with Gasteiger partial charge in [-0.25, -0.2) is 12.8 Å². The Balaban J connectivity index is 1.44. The minimum absolute atomic E-state index is 0.0881. The van der Waals surface area contributed by atoms with E-state index < -0.39 is 39.3 Å². The number of likely N-dealkylation sites (tertiary alicyclic amines) is 1. The largest absolute Gasteiger partial charge is 0.507 e. The monoisotopic (exact) mass is 585 g/mol. The van der Waals surface area contributed by atoms with Crippen LogP contribution in [-0.2, 0) is 24.3 Å². The number of nitrogens with zero attached hydrogens (tertiary/aromatic N) is 3. The van der Waals surface area contributed by atoms with E-state index in [0.29, 0.717) is 39.3 Å². The maximum absolute atomic E-state index is 15.1. The highest BCUT2D eigenvalue weighted by Crippen LogP contribution is 2.40. The zero-order chi connectivity index (χ0) is 29.0. The number of ether oxygens (including phenoxy) is 1. The van der Waals surface area contributed by atoms with Gasteiger partial charge in [-0.2, -0.15) is 4.31 Å². The third-order valence-electron chi connectivity index (χ3n) is 8.05. The second-order valence-corrected chi connectivity index (χ2v) is 12.6. The molecular formula is C30H36FN3O6S. The summed E-state index contributed by atoms with van der Waals surface area (Å²) in [4.78, 5) is 30.1. The van der Waals surface area contributed by atoms with Gasteiger partial charge in [0.25, 0.3) is 11.7 Å². The lowest BCUT2D eigenvalue weighted by Gasteiger charge is -2.29. The second kappa shape index (κ2) is 12.8. The first kappa shape index (κ1) is 29.4. The number of aliphatic hydroxyl groups is 1. The summed E-state index contributed by atoms with van der Waals surface area (Å²) in [5, 5.41) is 11.3. The van der Waals surface area contributed by atoms with Crippen LogP contribution in [0.25, 0.3) is 5.76 Å².